The van der Waals surface area contributed by atoms with Gasteiger partial charge in [0.15, 0.2) is 6.29 Å². The molecule has 1 heterocycles. The SMILES string of the molecule is CCCCCCC/C=C\C/C=C\CCCCCCCCCCCCCCCC(=O)OC(COCCCCCCCC)COC1OC(CO)C(O)C(O)C1O. The van der Waals surface area contributed by atoms with Crippen molar-refractivity contribution in [1.82, 2.24) is 0 Å². The second-order valence-corrected chi connectivity index (χ2v) is 15.5. The molecule has 318 valence electrons. The second-order valence-electron chi connectivity index (χ2n) is 15.5. The highest BCUT2D eigenvalue weighted by Gasteiger charge is 2.44. The molecule has 0 aromatic heterocycles. The monoisotopic (exact) mass is 769 g/mol. The first-order valence-electron chi connectivity index (χ1n) is 22.4. The number of hydrogen-bond donors (Lipinski definition) is 4. The number of allylic oxidation sites excluding steroid dienone is 4. The normalized spacial score (nSPS) is 21.0. The standard InChI is InChI=1S/C45H84O9/c1-3-5-7-9-11-12-13-14-15-16-17-18-19-20-21-22-23-24-25-26-27-28-29-30-32-34-41(47)53-39(37-51-35-33-31-10-8-6-4-2)38-52-45-44(50)43(49)42(48)40(36-46)54-45/h13-14,16-17,39-40,42-46,48-50H,3-12,15,18-38H2,1-2H3/b14-13-,17-16-. The summed E-state index contributed by atoms with van der Waals surface area (Å²) in [4.78, 5) is 12.7. The van der Waals surface area contributed by atoms with Gasteiger partial charge in [-0.15, -0.1) is 0 Å². The van der Waals surface area contributed by atoms with Crippen LogP contribution in [-0.2, 0) is 23.7 Å². The first-order chi connectivity index (χ1) is 26.4. The highest BCUT2D eigenvalue weighted by Crippen LogP contribution is 2.22. The molecule has 1 rings (SSSR count). The van der Waals surface area contributed by atoms with E-state index in [1.54, 1.807) is 0 Å². The number of rotatable bonds is 38. The Kier molecular flexibility index (Phi) is 35.0. The molecule has 0 amide bonds. The molecule has 1 saturated heterocycles. The Morgan fingerprint density at radius 3 is 1.59 bits per heavy atom. The van der Waals surface area contributed by atoms with Crippen LogP contribution in [0.4, 0.5) is 0 Å². The first-order valence-corrected chi connectivity index (χ1v) is 22.4. The lowest BCUT2D eigenvalue weighted by molar-refractivity contribution is -0.305. The third-order valence-corrected chi connectivity index (χ3v) is 10.4. The molecule has 0 aromatic rings. The number of ether oxygens (including phenoxy) is 4. The maximum absolute atomic E-state index is 12.7. The molecule has 0 bridgehead atoms. The van der Waals surface area contributed by atoms with Gasteiger partial charge in [0.05, 0.1) is 19.8 Å². The van der Waals surface area contributed by atoms with Gasteiger partial charge in [0.1, 0.15) is 30.5 Å². The summed E-state index contributed by atoms with van der Waals surface area (Å²) in [5.41, 5.74) is 0. The van der Waals surface area contributed by atoms with E-state index in [9.17, 15) is 25.2 Å². The van der Waals surface area contributed by atoms with Crippen LogP contribution in [0.3, 0.4) is 0 Å². The number of unbranched alkanes of at least 4 members (excludes halogenated alkanes) is 23. The average molecular weight is 769 g/mol. The van der Waals surface area contributed by atoms with E-state index in [4.69, 9.17) is 18.9 Å². The predicted octanol–water partition coefficient (Wildman–Crippen LogP) is 9.81. The molecule has 1 aliphatic rings. The minimum Gasteiger partial charge on any atom is -0.457 e. The summed E-state index contributed by atoms with van der Waals surface area (Å²) < 4.78 is 22.6. The summed E-state index contributed by atoms with van der Waals surface area (Å²) in [6, 6.07) is 0. The smallest absolute Gasteiger partial charge is 0.306 e. The topological polar surface area (TPSA) is 135 Å². The fourth-order valence-electron chi connectivity index (χ4n) is 6.82. The average Bonchev–Trinajstić information content (AvgIpc) is 3.17. The van der Waals surface area contributed by atoms with Gasteiger partial charge in [-0.1, -0.05) is 167 Å². The van der Waals surface area contributed by atoms with Gasteiger partial charge in [0, 0.05) is 13.0 Å². The van der Waals surface area contributed by atoms with Crippen LogP contribution in [0.15, 0.2) is 24.3 Å². The number of aliphatic hydroxyl groups is 4. The lowest BCUT2D eigenvalue weighted by Crippen LogP contribution is -2.59. The summed E-state index contributed by atoms with van der Waals surface area (Å²) in [7, 11) is 0. The lowest BCUT2D eigenvalue weighted by atomic mass is 9.99. The maximum Gasteiger partial charge on any atom is 0.306 e. The fraction of sp³-hybridized carbons (Fsp3) is 0.889. The van der Waals surface area contributed by atoms with Crippen molar-refractivity contribution in [1.29, 1.82) is 0 Å². The molecule has 0 radical (unpaired) electrons. The molecule has 9 heteroatoms. The Morgan fingerprint density at radius 1 is 0.593 bits per heavy atom. The van der Waals surface area contributed by atoms with Gasteiger partial charge in [-0.25, -0.2) is 0 Å². The van der Waals surface area contributed by atoms with Crippen LogP contribution in [0.2, 0.25) is 0 Å². The van der Waals surface area contributed by atoms with Crippen molar-refractivity contribution in [2.24, 2.45) is 0 Å². The zero-order valence-electron chi connectivity index (χ0n) is 34.7. The number of esters is 1. The minimum atomic E-state index is -1.53. The lowest BCUT2D eigenvalue weighted by Gasteiger charge is -2.39. The second kappa shape index (κ2) is 37.3. The number of carbonyl (C=O) groups is 1. The number of aliphatic hydroxyl groups excluding tert-OH is 4. The predicted molar refractivity (Wildman–Crippen MR) is 219 cm³/mol. The molecule has 4 N–H and O–H groups in total. The third-order valence-electron chi connectivity index (χ3n) is 10.4. The molecular weight excluding hydrogens is 684 g/mol. The van der Waals surface area contributed by atoms with Gasteiger partial charge in [-0.3, -0.25) is 4.79 Å². The van der Waals surface area contributed by atoms with Gasteiger partial charge in [-0.2, -0.15) is 0 Å². The molecule has 0 saturated carbocycles. The number of hydrogen-bond acceptors (Lipinski definition) is 9. The van der Waals surface area contributed by atoms with Crippen molar-refractivity contribution in [2.45, 2.75) is 230 Å². The summed E-state index contributed by atoms with van der Waals surface area (Å²) >= 11 is 0. The molecule has 1 aliphatic heterocycles. The zero-order valence-corrected chi connectivity index (χ0v) is 34.7. The third kappa shape index (κ3) is 28.1. The first kappa shape index (κ1) is 50.7. The van der Waals surface area contributed by atoms with E-state index in [2.05, 4.69) is 38.2 Å². The Bertz CT molecular complexity index is 879. The quantitative estimate of drug-likeness (QED) is 0.0275. The van der Waals surface area contributed by atoms with E-state index in [0.717, 1.165) is 38.5 Å². The van der Waals surface area contributed by atoms with E-state index in [1.165, 1.54) is 135 Å². The summed E-state index contributed by atoms with van der Waals surface area (Å²) in [5.74, 6) is -0.316. The van der Waals surface area contributed by atoms with Crippen LogP contribution in [0, 0.1) is 0 Å². The molecule has 0 aromatic carbocycles. The van der Waals surface area contributed by atoms with Crippen LogP contribution >= 0.6 is 0 Å². The molecule has 1 fully saturated rings. The van der Waals surface area contributed by atoms with E-state index >= 15 is 0 Å². The Balaban J connectivity index is 2.11. The fourth-order valence-corrected chi connectivity index (χ4v) is 6.82. The van der Waals surface area contributed by atoms with E-state index < -0.39 is 43.4 Å². The van der Waals surface area contributed by atoms with Crippen LogP contribution in [0.25, 0.3) is 0 Å². The Morgan fingerprint density at radius 2 is 1.07 bits per heavy atom. The molecule has 6 atom stereocenters. The van der Waals surface area contributed by atoms with Crippen molar-refractivity contribution in [2.75, 3.05) is 26.4 Å². The molecule has 0 aliphatic carbocycles. The van der Waals surface area contributed by atoms with Crippen LogP contribution < -0.4 is 0 Å². The summed E-state index contributed by atoms with van der Waals surface area (Å²) in [6.45, 7) is 4.51. The van der Waals surface area contributed by atoms with Gasteiger partial charge in [0.25, 0.3) is 0 Å². The summed E-state index contributed by atoms with van der Waals surface area (Å²) in [6.07, 6.45) is 35.2. The van der Waals surface area contributed by atoms with Crippen LogP contribution in [0.1, 0.15) is 194 Å². The highest BCUT2D eigenvalue weighted by molar-refractivity contribution is 5.69. The van der Waals surface area contributed by atoms with Gasteiger partial charge < -0.3 is 39.4 Å². The van der Waals surface area contributed by atoms with E-state index in [1.807, 2.05) is 0 Å². The van der Waals surface area contributed by atoms with Crippen LogP contribution in [0.5, 0.6) is 0 Å². The largest absolute Gasteiger partial charge is 0.457 e. The molecule has 54 heavy (non-hydrogen) atoms. The molecular formula is C45H84O9. The van der Waals surface area contributed by atoms with Crippen molar-refractivity contribution in [3.05, 3.63) is 24.3 Å². The van der Waals surface area contributed by atoms with Gasteiger partial charge >= 0.3 is 5.97 Å². The molecule has 9 nitrogen and oxygen atoms in total. The maximum atomic E-state index is 12.7. The van der Waals surface area contributed by atoms with Crippen molar-refractivity contribution in [3.8, 4) is 0 Å². The Labute approximate surface area is 330 Å². The van der Waals surface area contributed by atoms with Crippen molar-refractivity contribution >= 4 is 5.97 Å². The highest BCUT2D eigenvalue weighted by atomic mass is 16.7. The molecule has 6 unspecified atom stereocenters. The minimum absolute atomic E-state index is 0.111. The summed E-state index contributed by atoms with van der Waals surface area (Å²) in [5, 5.41) is 39.9. The van der Waals surface area contributed by atoms with Crippen molar-refractivity contribution < 1.29 is 44.2 Å². The van der Waals surface area contributed by atoms with Crippen LogP contribution in [-0.4, -0.2) is 89.6 Å². The van der Waals surface area contributed by atoms with E-state index in [-0.39, 0.29) is 19.2 Å². The van der Waals surface area contributed by atoms with Gasteiger partial charge in [0.2, 0.25) is 0 Å². The zero-order chi connectivity index (χ0) is 39.3. The van der Waals surface area contributed by atoms with Gasteiger partial charge in [-0.05, 0) is 44.9 Å². The number of carbonyl (C=O) groups excluding carboxylic acids is 1. The molecule has 0 spiro atoms. The van der Waals surface area contributed by atoms with E-state index in [0.29, 0.717) is 13.0 Å². The Hall–Kier alpha value is -1.33. The van der Waals surface area contributed by atoms with Crippen molar-refractivity contribution in [3.63, 3.8) is 0 Å².